The predicted molar refractivity (Wildman–Crippen MR) is 271 cm³/mol. The average Bonchev–Trinajstić information content (AvgIpc) is 3.86. The summed E-state index contributed by atoms with van der Waals surface area (Å²) in [5.41, 5.74) is 18.8. The van der Waals surface area contributed by atoms with Gasteiger partial charge in [0.05, 0.1) is 22.2 Å². The molecule has 2 aromatic heterocycles. The molecule has 2 aliphatic rings. The molecular weight excluding hydrogens is 844 g/mol. The summed E-state index contributed by atoms with van der Waals surface area (Å²) in [5, 5.41) is 1.35. The first-order valence-corrected chi connectivity index (χ1v) is 23.0. The number of hydrogen-bond acceptors (Lipinski definition) is 2. The van der Waals surface area contributed by atoms with Crippen molar-refractivity contribution in [3.63, 3.8) is 0 Å². The molecule has 66 heavy (non-hydrogen) atoms. The van der Waals surface area contributed by atoms with Gasteiger partial charge in [0.25, 0.3) is 0 Å². The molecule has 0 N–H and O–H groups in total. The zero-order chi connectivity index (χ0) is 44.2. The minimum Gasteiger partial charge on any atom is -0.260 e. The van der Waals surface area contributed by atoms with Gasteiger partial charge in [0.2, 0.25) is 0 Å². The minimum absolute atomic E-state index is 0.673. The molecule has 8 aromatic carbocycles. The molecule has 10 aromatic rings. The van der Waals surface area contributed by atoms with Gasteiger partial charge in [-0.3, -0.25) is 9.97 Å². The molecule has 0 aliphatic heterocycles. The first kappa shape index (κ1) is 39.9. The Morgan fingerprint density at radius 2 is 0.636 bits per heavy atom. The second-order valence-corrected chi connectivity index (χ2v) is 17.9. The lowest BCUT2D eigenvalue weighted by Crippen LogP contribution is -2.30. The molecule has 0 spiro atoms. The van der Waals surface area contributed by atoms with E-state index < -0.39 is 10.8 Å². The third-order valence-electron chi connectivity index (χ3n) is 13.7. The van der Waals surface area contributed by atoms with Crippen LogP contribution in [0.2, 0.25) is 10.0 Å². The van der Waals surface area contributed by atoms with Gasteiger partial charge in [-0.2, -0.15) is 0 Å². The van der Waals surface area contributed by atoms with Gasteiger partial charge in [0.15, 0.2) is 0 Å². The maximum absolute atomic E-state index is 6.65. The molecule has 0 amide bonds. The molecule has 312 valence electrons. The van der Waals surface area contributed by atoms with Crippen molar-refractivity contribution >= 4 is 34.3 Å². The molecule has 0 saturated carbocycles. The van der Waals surface area contributed by atoms with Crippen LogP contribution in [0, 0.1) is 0 Å². The van der Waals surface area contributed by atoms with Crippen LogP contribution in [0.5, 0.6) is 0 Å². The molecule has 0 saturated heterocycles. The van der Waals surface area contributed by atoms with Gasteiger partial charge >= 0.3 is 0 Å². The molecule has 0 fully saturated rings. The largest absolute Gasteiger partial charge is 0.260 e. The lowest BCUT2D eigenvalue weighted by Gasteiger charge is -2.34. The predicted octanol–water partition coefficient (Wildman–Crippen LogP) is 15.5. The number of benzene rings is 8. The van der Waals surface area contributed by atoms with Crippen molar-refractivity contribution in [2.45, 2.75) is 10.8 Å². The lowest BCUT2D eigenvalue weighted by molar-refractivity contribution is 0.734. The number of rotatable bonds is 8. The van der Waals surface area contributed by atoms with Gasteiger partial charge in [0.1, 0.15) is 0 Å². The van der Waals surface area contributed by atoms with Crippen LogP contribution in [0.25, 0.3) is 33.4 Å². The first-order valence-electron chi connectivity index (χ1n) is 22.3. The Morgan fingerprint density at radius 1 is 0.303 bits per heavy atom. The maximum atomic E-state index is 6.65. The summed E-state index contributed by atoms with van der Waals surface area (Å²) in [6, 6.07) is 82.5. The Morgan fingerprint density at radius 3 is 0.985 bits per heavy atom. The summed E-state index contributed by atoms with van der Waals surface area (Å²) in [7, 11) is 0. The van der Waals surface area contributed by atoms with Crippen LogP contribution in [0.3, 0.4) is 0 Å². The normalized spacial score (nSPS) is 13.5. The fraction of sp³-hybridized carbons (Fsp3) is 0.0323. The van der Waals surface area contributed by atoms with Gasteiger partial charge < -0.3 is 0 Å². The average molecular weight is 884 g/mol. The van der Waals surface area contributed by atoms with Crippen LogP contribution >= 0.6 is 23.2 Å². The molecule has 4 heteroatoms. The number of nitrogens with zero attached hydrogens (tertiary/aromatic N) is 2. The molecule has 2 aliphatic carbocycles. The second-order valence-electron chi connectivity index (χ2n) is 17.0. The minimum atomic E-state index is -0.696. The fourth-order valence-electron chi connectivity index (χ4n) is 11.1. The topological polar surface area (TPSA) is 25.8 Å². The molecule has 12 rings (SSSR count). The highest BCUT2D eigenvalue weighted by atomic mass is 35.5. The van der Waals surface area contributed by atoms with Crippen LogP contribution < -0.4 is 0 Å². The molecule has 2 heterocycles. The molecular formula is C62H40Cl2N2. The summed E-state index contributed by atoms with van der Waals surface area (Å²) < 4.78 is 0. The summed E-state index contributed by atoms with van der Waals surface area (Å²) >= 11 is 13.3. The Balaban J connectivity index is 1.19. The SMILES string of the molecule is Clc1ccc(C(=C(c2cccc(C3(c4ccccn4)c4ccccc4-c4ccccc43)c2)c2cccc(C3(c4ccccn4)c4ccccc4-c4ccccc43)c2)c2ccc(Cl)cc2)cc1. The monoisotopic (exact) mass is 882 g/mol. The maximum Gasteiger partial charge on any atom is 0.0886 e. The highest BCUT2D eigenvalue weighted by Crippen LogP contribution is 2.58. The Bertz CT molecular complexity index is 3160. The van der Waals surface area contributed by atoms with E-state index in [0.29, 0.717) is 10.0 Å². The van der Waals surface area contributed by atoms with E-state index in [9.17, 15) is 0 Å². The Hall–Kier alpha value is -7.62. The van der Waals surface area contributed by atoms with Crippen molar-refractivity contribution in [1.29, 1.82) is 0 Å². The smallest absolute Gasteiger partial charge is 0.0886 e. The molecule has 0 bridgehead atoms. The zero-order valence-electron chi connectivity index (χ0n) is 35.7. The number of fused-ring (bicyclic) bond motifs is 6. The van der Waals surface area contributed by atoms with Gasteiger partial charge in [-0.1, -0.05) is 193 Å². The lowest BCUT2D eigenvalue weighted by atomic mass is 9.68. The Kier molecular flexibility index (Phi) is 9.75. The van der Waals surface area contributed by atoms with E-state index in [0.717, 1.165) is 55.9 Å². The Labute approximate surface area is 395 Å². The quantitative estimate of drug-likeness (QED) is 0.142. The van der Waals surface area contributed by atoms with Crippen LogP contribution in [0.15, 0.2) is 243 Å². The number of pyridine rings is 2. The highest BCUT2D eigenvalue weighted by Gasteiger charge is 2.48. The standard InChI is InChI=1S/C62H40Cl2N2/c63-47-33-29-41(30-34-47)59(42-31-35-48(64)36-32-42)60(43-15-13-17-45(39-43)61(57-27-9-11-37-65-57)53-23-5-1-19-49(53)50-20-2-6-24-54(50)61)44-16-14-18-46(40-44)62(58-28-10-12-38-66-58)55-25-7-3-21-51(55)52-22-4-8-26-56(52)62/h1-40H. The number of halogens is 2. The van der Waals surface area contributed by atoms with Crippen molar-refractivity contribution in [2.24, 2.45) is 0 Å². The third-order valence-corrected chi connectivity index (χ3v) is 14.2. The van der Waals surface area contributed by atoms with E-state index in [1.807, 2.05) is 48.8 Å². The van der Waals surface area contributed by atoms with Crippen molar-refractivity contribution < 1.29 is 0 Å². The van der Waals surface area contributed by atoms with Crippen molar-refractivity contribution in [3.8, 4) is 22.3 Å². The van der Waals surface area contributed by atoms with Gasteiger partial charge in [-0.05, 0) is 150 Å². The third kappa shape index (κ3) is 6.10. The first-order chi connectivity index (χ1) is 32.6. The van der Waals surface area contributed by atoms with Crippen LogP contribution in [0.4, 0.5) is 0 Å². The van der Waals surface area contributed by atoms with E-state index in [4.69, 9.17) is 33.2 Å². The second kappa shape index (κ2) is 16.1. The number of aromatic nitrogens is 2. The summed E-state index contributed by atoms with van der Waals surface area (Å²) in [6.07, 6.45) is 3.83. The van der Waals surface area contributed by atoms with E-state index in [1.54, 1.807) is 0 Å². The highest BCUT2D eigenvalue weighted by molar-refractivity contribution is 6.31. The van der Waals surface area contributed by atoms with Crippen molar-refractivity contribution in [2.75, 3.05) is 0 Å². The summed E-state index contributed by atoms with van der Waals surface area (Å²) in [4.78, 5) is 10.3. The van der Waals surface area contributed by atoms with Crippen LogP contribution in [-0.4, -0.2) is 9.97 Å². The summed E-state index contributed by atoms with van der Waals surface area (Å²) in [5.74, 6) is 0. The molecule has 0 unspecified atom stereocenters. The van der Waals surface area contributed by atoms with Crippen molar-refractivity contribution in [1.82, 2.24) is 9.97 Å². The summed E-state index contributed by atoms with van der Waals surface area (Å²) in [6.45, 7) is 0. The van der Waals surface area contributed by atoms with Crippen LogP contribution in [-0.2, 0) is 10.8 Å². The van der Waals surface area contributed by atoms with E-state index >= 15 is 0 Å². The van der Waals surface area contributed by atoms with Gasteiger partial charge in [0, 0.05) is 22.4 Å². The van der Waals surface area contributed by atoms with E-state index in [-0.39, 0.29) is 0 Å². The van der Waals surface area contributed by atoms with E-state index in [2.05, 4.69) is 194 Å². The fourth-order valence-corrected chi connectivity index (χ4v) is 11.3. The molecule has 2 nitrogen and oxygen atoms in total. The van der Waals surface area contributed by atoms with E-state index in [1.165, 1.54) is 44.5 Å². The van der Waals surface area contributed by atoms with Gasteiger partial charge in [-0.25, -0.2) is 0 Å². The molecule has 0 atom stereocenters. The van der Waals surface area contributed by atoms with Crippen molar-refractivity contribution in [3.05, 3.63) is 320 Å². The zero-order valence-corrected chi connectivity index (χ0v) is 37.3. The molecule has 0 radical (unpaired) electrons. The van der Waals surface area contributed by atoms with Crippen LogP contribution in [0.1, 0.15) is 67.0 Å². The van der Waals surface area contributed by atoms with Gasteiger partial charge in [-0.15, -0.1) is 0 Å². The number of hydrogen-bond donors (Lipinski definition) is 0.